The van der Waals surface area contributed by atoms with E-state index in [1.165, 1.54) is 6.08 Å². The Labute approximate surface area is 130 Å². The van der Waals surface area contributed by atoms with Crippen LogP contribution < -0.4 is 14.8 Å². The summed E-state index contributed by atoms with van der Waals surface area (Å²) in [5, 5.41) is 2.73. The summed E-state index contributed by atoms with van der Waals surface area (Å²) in [6.45, 7) is 0. The highest BCUT2D eigenvalue weighted by Crippen LogP contribution is 2.25. The van der Waals surface area contributed by atoms with E-state index in [0.29, 0.717) is 27.6 Å². The molecule has 0 aliphatic rings. The zero-order valence-electron chi connectivity index (χ0n) is 11.6. The lowest BCUT2D eigenvalue weighted by atomic mass is 10.2. The summed E-state index contributed by atoms with van der Waals surface area (Å²) < 4.78 is 16.2. The Balaban J connectivity index is 2.07. The first-order valence-electron chi connectivity index (χ1n) is 6.08. The van der Waals surface area contributed by atoms with Gasteiger partial charge in [0.05, 0.1) is 14.2 Å². The van der Waals surface area contributed by atoms with Crippen molar-refractivity contribution in [3.8, 4) is 11.5 Å². The highest BCUT2D eigenvalue weighted by molar-refractivity contribution is 9.10. The number of anilines is 1. The van der Waals surface area contributed by atoms with Gasteiger partial charge in [-0.3, -0.25) is 4.79 Å². The van der Waals surface area contributed by atoms with E-state index in [2.05, 4.69) is 21.2 Å². The van der Waals surface area contributed by atoms with Crippen LogP contribution in [0.1, 0.15) is 5.76 Å². The molecule has 1 amide bonds. The van der Waals surface area contributed by atoms with Gasteiger partial charge in [-0.25, -0.2) is 0 Å². The van der Waals surface area contributed by atoms with Crippen LogP contribution in [0, 0.1) is 0 Å². The second-order valence-corrected chi connectivity index (χ2v) is 4.85. The van der Waals surface area contributed by atoms with Gasteiger partial charge in [0.25, 0.3) is 0 Å². The van der Waals surface area contributed by atoms with Gasteiger partial charge in [-0.2, -0.15) is 0 Å². The lowest BCUT2D eigenvalue weighted by Gasteiger charge is -2.08. The van der Waals surface area contributed by atoms with Crippen LogP contribution in [-0.2, 0) is 4.79 Å². The number of ether oxygens (including phenoxy) is 2. The molecule has 2 aromatic rings. The Morgan fingerprint density at radius 1 is 1.19 bits per heavy atom. The summed E-state index contributed by atoms with van der Waals surface area (Å²) in [4.78, 5) is 11.9. The number of furan rings is 1. The molecule has 1 aromatic carbocycles. The number of methoxy groups -OCH3 is 2. The number of halogens is 1. The maximum Gasteiger partial charge on any atom is 0.248 e. The van der Waals surface area contributed by atoms with Crippen LogP contribution in [0.15, 0.2) is 45.5 Å². The van der Waals surface area contributed by atoms with E-state index >= 15 is 0 Å². The quantitative estimate of drug-likeness (QED) is 0.834. The molecule has 1 N–H and O–H groups in total. The first-order chi connectivity index (χ1) is 10.1. The van der Waals surface area contributed by atoms with Gasteiger partial charge in [0.2, 0.25) is 5.91 Å². The van der Waals surface area contributed by atoms with Gasteiger partial charge < -0.3 is 19.2 Å². The van der Waals surface area contributed by atoms with Gasteiger partial charge in [0, 0.05) is 30.0 Å². The van der Waals surface area contributed by atoms with Crippen molar-refractivity contribution >= 4 is 33.6 Å². The average Bonchev–Trinajstić information content (AvgIpc) is 2.90. The van der Waals surface area contributed by atoms with Crippen molar-refractivity contribution in [2.24, 2.45) is 0 Å². The fourth-order valence-electron chi connectivity index (χ4n) is 1.64. The monoisotopic (exact) mass is 351 g/mol. The predicted octanol–water partition coefficient (Wildman–Crippen LogP) is 3.71. The van der Waals surface area contributed by atoms with E-state index in [1.54, 1.807) is 50.6 Å². The van der Waals surface area contributed by atoms with Crippen molar-refractivity contribution in [1.82, 2.24) is 0 Å². The molecule has 0 bridgehead atoms. The highest BCUT2D eigenvalue weighted by Gasteiger charge is 2.04. The van der Waals surface area contributed by atoms with Crippen molar-refractivity contribution in [2.75, 3.05) is 19.5 Å². The van der Waals surface area contributed by atoms with E-state index in [9.17, 15) is 4.79 Å². The van der Waals surface area contributed by atoms with Crippen LogP contribution in [0.3, 0.4) is 0 Å². The third-order valence-corrected chi connectivity index (χ3v) is 3.04. The van der Waals surface area contributed by atoms with Crippen LogP contribution in [0.2, 0.25) is 0 Å². The third kappa shape index (κ3) is 4.39. The van der Waals surface area contributed by atoms with E-state index < -0.39 is 0 Å². The Hall–Kier alpha value is -2.21. The van der Waals surface area contributed by atoms with E-state index in [0.717, 1.165) is 0 Å². The SMILES string of the molecule is COc1cc(NC(=O)/C=C/c2ccc(Br)o2)cc(OC)c1. The topological polar surface area (TPSA) is 60.7 Å². The molecule has 0 fully saturated rings. The second-order valence-electron chi connectivity index (χ2n) is 4.07. The van der Waals surface area contributed by atoms with Crippen molar-refractivity contribution in [2.45, 2.75) is 0 Å². The zero-order chi connectivity index (χ0) is 15.2. The molecular formula is C15H14BrNO4. The number of hydrogen-bond acceptors (Lipinski definition) is 4. The molecule has 1 aromatic heterocycles. The Bertz CT molecular complexity index is 641. The summed E-state index contributed by atoms with van der Waals surface area (Å²) in [5.41, 5.74) is 0.585. The molecule has 110 valence electrons. The van der Waals surface area contributed by atoms with Crippen LogP contribution in [-0.4, -0.2) is 20.1 Å². The number of hydrogen-bond donors (Lipinski definition) is 1. The first-order valence-corrected chi connectivity index (χ1v) is 6.87. The molecule has 0 aliphatic heterocycles. The van der Waals surface area contributed by atoms with Gasteiger partial charge in [0.15, 0.2) is 4.67 Å². The molecule has 0 unspecified atom stereocenters. The molecule has 5 nitrogen and oxygen atoms in total. The Morgan fingerprint density at radius 2 is 1.86 bits per heavy atom. The van der Waals surface area contributed by atoms with Crippen molar-refractivity contribution < 1.29 is 18.7 Å². The smallest absolute Gasteiger partial charge is 0.248 e. The molecule has 0 radical (unpaired) electrons. The van der Waals surface area contributed by atoms with Gasteiger partial charge in [-0.15, -0.1) is 0 Å². The summed E-state index contributed by atoms with van der Waals surface area (Å²) in [7, 11) is 3.10. The Morgan fingerprint density at radius 3 is 2.38 bits per heavy atom. The number of rotatable bonds is 5. The molecule has 2 rings (SSSR count). The average molecular weight is 352 g/mol. The van der Waals surface area contributed by atoms with Crippen LogP contribution in [0.5, 0.6) is 11.5 Å². The number of benzene rings is 1. The lowest BCUT2D eigenvalue weighted by Crippen LogP contribution is -2.08. The minimum atomic E-state index is -0.280. The molecule has 21 heavy (non-hydrogen) atoms. The molecule has 1 heterocycles. The molecule has 0 saturated heterocycles. The third-order valence-electron chi connectivity index (χ3n) is 2.61. The molecule has 0 aliphatic carbocycles. The van der Waals surface area contributed by atoms with Crippen molar-refractivity contribution in [3.63, 3.8) is 0 Å². The summed E-state index contributed by atoms with van der Waals surface area (Å²) in [6.07, 6.45) is 2.97. The van der Waals surface area contributed by atoms with Gasteiger partial charge in [-0.05, 0) is 34.1 Å². The fourth-order valence-corrected chi connectivity index (χ4v) is 1.96. The van der Waals surface area contributed by atoms with E-state index in [-0.39, 0.29) is 5.91 Å². The largest absolute Gasteiger partial charge is 0.497 e. The van der Waals surface area contributed by atoms with E-state index in [4.69, 9.17) is 13.9 Å². The maximum absolute atomic E-state index is 11.9. The highest BCUT2D eigenvalue weighted by atomic mass is 79.9. The van der Waals surface area contributed by atoms with Crippen LogP contribution in [0.4, 0.5) is 5.69 Å². The maximum atomic E-state index is 11.9. The summed E-state index contributed by atoms with van der Waals surface area (Å²) in [6, 6.07) is 8.65. The molecule has 0 atom stereocenters. The standard InChI is InChI=1S/C15H14BrNO4/c1-19-12-7-10(8-13(9-12)20-2)17-15(18)6-4-11-3-5-14(16)21-11/h3-9H,1-2H3,(H,17,18)/b6-4+. The van der Waals surface area contributed by atoms with Crippen molar-refractivity contribution in [1.29, 1.82) is 0 Å². The number of amides is 1. The number of nitrogens with one attached hydrogen (secondary N) is 1. The number of carbonyl (C=O) groups is 1. The predicted molar refractivity (Wildman–Crippen MR) is 83.6 cm³/mol. The normalized spacial score (nSPS) is 10.6. The lowest BCUT2D eigenvalue weighted by molar-refractivity contribution is -0.111. The summed E-state index contributed by atoms with van der Waals surface area (Å²) in [5.74, 6) is 1.50. The van der Waals surface area contributed by atoms with Gasteiger partial charge in [0.1, 0.15) is 17.3 Å². The van der Waals surface area contributed by atoms with Crippen LogP contribution >= 0.6 is 15.9 Å². The number of carbonyl (C=O) groups excluding carboxylic acids is 1. The first kappa shape index (κ1) is 15.2. The van der Waals surface area contributed by atoms with E-state index in [1.807, 2.05) is 0 Å². The molecule has 0 spiro atoms. The minimum absolute atomic E-state index is 0.280. The van der Waals surface area contributed by atoms with Crippen molar-refractivity contribution in [3.05, 3.63) is 46.8 Å². The fraction of sp³-hybridized carbons (Fsp3) is 0.133. The van der Waals surface area contributed by atoms with Gasteiger partial charge >= 0.3 is 0 Å². The molecular weight excluding hydrogens is 338 g/mol. The molecule has 6 heteroatoms. The molecule has 0 saturated carbocycles. The summed E-state index contributed by atoms with van der Waals surface area (Å²) >= 11 is 3.20. The van der Waals surface area contributed by atoms with Gasteiger partial charge in [-0.1, -0.05) is 0 Å². The second kappa shape index (κ2) is 6.99. The van der Waals surface area contributed by atoms with Crippen LogP contribution in [0.25, 0.3) is 6.08 Å². The zero-order valence-corrected chi connectivity index (χ0v) is 13.1. The Kier molecular flexibility index (Phi) is 5.05. The minimum Gasteiger partial charge on any atom is -0.497 e.